The van der Waals surface area contributed by atoms with Crippen molar-refractivity contribution in [2.24, 2.45) is 0 Å². The molecule has 0 fully saturated rings. The third-order valence-electron chi connectivity index (χ3n) is 12.8. The molecule has 0 bridgehead atoms. The first-order chi connectivity index (χ1) is 32.2. The van der Waals surface area contributed by atoms with Crippen molar-refractivity contribution >= 4 is 11.1 Å². The third-order valence-corrected chi connectivity index (χ3v) is 12.8. The summed E-state index contributed by atoms with van der Waals surface area (Å²) in [6.07, 6.45) is 1.25. The Kier molecular flexibility index (Phi) is 15.6. The lowest BCUT2D eigenvalue weighted by molar-refractivity contribution is 0.660. The molecule has 1 aliphatic carbocycles. The average molecular weight is 857 g/mol. The quantitative estimate of drug-likeness (QED) is 0.146. The van der Waals surface area contributed by atoms with Crippen LogP contribution in [-0.2, 0) is 5.41 Å². The van der Waals surface area contributed by atoms with E-state index >= 15 is 0 Å². The summed E-state index contributed by atoms with van der Waals surface area (Å²) in [7, 11) is 0. The zero-order valence-electron chi connectivity index (χ0n) is 40.1. The molecule has 0 unspecified atom stereocenters. The number of allylic oxidation sites excluding steroid dienone is 2. The molecule has 0 heteroatoms. The predicted molar refractivity (Wildman–Crippen MR) is 289 cm³/mol. The Morgan fingerprint density at radius 2 is 0.545 bits per heavy atom. The van der Waals surface area contributed by atoms with Gasteiger partial charge in [0.2, 0.25) is 0 Å². The molecule has 66 heavy (non-hydrogen) atoms. The van der Waals surface area contributed by atoms with Crippen LogP contribution in [0, 0.1) is 13.8 Å². The largest absolute Gasteiger partial charge is 0.0656 e. The van der Waals surface area contributed by atoms with Gasteiger partial charge in [0.1, 0.15) is 0 Å². The van der Waals surface area contributed by atoms with Gasteiger partial charge in [-0.05, 0) is 128 Å². The van der Waals surface area contributed by atoms with Crippen LogP contribution in [0.1, 0.15) is 81.3 Å². The van der Waals surface area contributed by atoms with E-state index in [2.05, 4.69) is 286 Å². The molecule has 0 aromatic heterocycles. The molecular formula is C66H64. The van der Waals surface area contributed by atoms with Crippen LogP contribution in [0.3, 0.4) is 0 Å². The maximum Gasteiger partial charge on any atom is 0.0158 e. The monoisotopic (exact) mass is 857 g/mol. The first-order valence-corrected chi connectivity index (χ1v) is 23.5. The van der Waals surface area contributed by atoms with Gasteiger partial charge in [-0.2, -0.15) is 0 Å². The Bertz CT molecular complexity index is 2760. The number of hydrogen-bond acceptors (Lipinski definition) is 0. The van der Waals surface area contributed by atoms with Gasteiger partial charge in [0.25, 0.3) is 0 Å². The highest BCUT2D eigenvalue weighted by Gasteiger charge is 2.34. The van der Waals surface area contributed by atoms with E-state index in [9.17, 15) is 0 Å². The lowest BCUT2D eigenvalue weighted by Gasteiger charge is -2.25. The van der Waals surface area contributed by atoms with E-state index in [0.29, 0.717) is 0 Å². The number of fused-ring (bicyclic) bond motifs is 3. The molecule has 0 radical (unpaired) electrons. The van der Waals surface area contributed by atoms with Gasteiger partial charge in [-0.15, -0.1) is 0 Å². The molecule has 0 N–H and O–H groups in total. The molecule has 9 aromatic carbocycles. The van der Waals surface area contributed by atoms with Gasteiger partial charge in [-0.25, -0.2) is 0 Å². The second-order valence-electron chi connectivity index (χ2n) is 17.6. The molecule has 0 amide bonds. The molecule has 328 valence electrons. The van der Waals surface area contributed by atoms with Gasteiger partial charge >= 0.3 is 0 Å². The Morgan fingerprint density at radius 1 is 0.318 bits per heavy atom. The Labute approximate surface area is 396 Å². The third kappa shape index (κ3) is 10.3. The van der Waals surface area contributed by atoms with Crippen molar-refractivity contribution in [3.05, 3.63) is 264 Å². The fourth-order valence-electron chi connectivity index (χ4n) is 9.20. The molecule has 9 aromatic rings. The van der Waals surface area contributed by atoms with E-state index in [1.807, 2.05) is 0 Å². The average Bonchev–Trinajstić information content (AvgIpc) is 3.62. The molecule has 0 saturated heterocycles. The number of hydrogen-bond donors (Lipinski definition) is 0. The van der Waals surface area contributed by atoms with Crippen LogP contribution in [0.5, 0.6) is 0 Å². The first kappa shape index (κ1) is 46.7. The highest BCUT2D eigenvalue weighted by atomic mass is 14.4. The molecule has 0 aliphatic heterocycles. The SMILES string of the molecule is CC(=C(C)c1ccccc1)c1ccccc1.CC1(C)c2ccccc2-c2ccccc21.CCC.Cc1c(C)c(-c2ccccc2)c(-c2ccccc2)c(-c2ccccc2)c1-c1ccccc1. The van der Waals surface area contributed by atoms with Crippen molar-refractivity contribution in [2.75, 3.05) is 0 Å². The second kappa shape index (κ2) is 22.1. The van der Waals surface area contributed by atoms with Crippen molar-refractivity contribution in [1.82, 2.24) is 0 Å². The molecule has 0 nitrogen and oxygen atoms in total. The van der Waals surface area contributed by atoms with Crippen LogP contribution in [0.4, 0.5) is 0 Å². The number of benzene rings is 9. The first-order valence-electron chi connectivity index (χ1n) is 23.5. The normalized spacial score (nSPS) is 12.1. The van der Waals surface area contributed by atoms with E-state index in [4.69, 9.17) is 0 Å². The highest BCUT2D eigenvalue weighted by molar-refractivity contribution is 6.04. The summed E-state index contributed by atoms with van der Waals surface area (Å²) < 4.78 is 0. The summed E-state index contributed by atoms with van der Waals surface area (Å²) in [5, 5.41) is 0. The van der Waals surface area contributed by atoms with Crippen molar-refractivity contribution in [2.45, 2.75) is 67.2 Å². The zero-order valence-corrected chi connectivity index (χ0v) is 40.1. The molecule has 1 aliphatic rings. The van der Waals surface area contributed by atoms with Crippen molar-refractivity contribution in [3.63, 3.8) is 0 Å². The minimum atomic E-state index is 0.160. The maximum atomic E-state index is 2.30. The summed E-state index contributed by atoms with van der Waals surface area (Å²) >= 11 is 0. The summed E-state index contributed by atoms with van der Waals surface area (Å²) in [5.41, 5.74) is 24.0. The van der Waals surface area contributed by atoms with E-state index in [1.165, 1.54) is 107 Å². The van der Waals surface area contributed by atoms with Crippen LogP contribution in [0.25, 0.3) is 66.8 Å². The maximum absolute atomic E-state index is 2.30. The van der Waals surface area contributed by atoms with Crippen LogP contribution >= 0.6 is 0 Å². The highest BCUT2D eigenvalue weighted by Crippen LogP contribution is 2.50. The minimum Gasteiger partial charge on any atom is -0.0656 e. The van der Waals surface area contributed by atoms with Crippen LogP contribution in [0.2, 0.25) is 0 Å². The predicted octanol–water partition coefficient (Wildman–Crippen LogP) is 19.0. The van der Waals surface area contributed by atoms with Gasteiger partial charge in [0, 0.05) is 5.41 Å². The van der Waals surface area contributed by atoms with E-state index in [0.717, 1.165) is 0 Å². The van der Waals surface area contributed by atoms with Crippen molar-refractivity contribution in [1.29, 1.82) is 0 Å². The molecule has 0 heterocycles. The van der Waals surface area contributed by atoms with Crippen molar-refractivity contribution < 1.29 is 0 Å². The van der Waals surface area contributed by atoms with E-state index in [1.54, 1.807) is 0 Å². The number of rotatable bonds is 6. The lowest BCUT2D eigenvalue weighted by atomic mass is 9.78. The minimum absolute atomic E-state index is 0.160. The summed E-state index contributed by atoms with van der Waals surface area (Å²) in [4.78, 5) is 0. The second-order valence-corrected chi connectivity index (χ2v) is 17.6. The van der Waals surface area contributed by atoms with Crippen LogP contribution in [-0.4, -0.2) is 0 Å². The lowest BCUT2D eigenvalue weighted by Crippen LogP contribution is -2.14. The summed E-state index contributed by atoms with van der Waals surface area (Å²) in [5.74, 6) is 0. The fraction of sp³-hybridized carbons (Fsp3) is 0.152. The van der Waals surface area contributed by atoms with Crippen LogP contribution < -0.4 is 0 Å². The van der Waals surface area contributed by atoms with Gasteiger partial charge < -0.3 is 0 Å². The van der Waals surface area contributed by atoms with Crippen LogP contribution in [0.15, 0.2) is 231 Å². The van der Waals surface area contributed by atoms with Crippen molar-refractivity contribution in [3.8, 4) is 55.6 Å². The van der Waals surface area contributed by atoms with E-state index in [-0.39, 0.29) is 5.41 Å². The Balaban J connectivity index is 0.000000159. The molecule has 0 atom stereocenters. The summed E-state index contributed by atoms with van der Waals surface area (Å²) in [6.45, 7) is 17.8. The van der Waals surface area contributed by atoms with Gasteiger partial charge in [0.05, 0.1) is 0 Å². The topological polar surface area (TPSA) is 0 Å². The standard InChI is InChI=1S/C32H26.C16H16.C15H14.C3H8/c1-23-24(2)30(26-17-9-4-10-18-26)32(28-21-13-6-14-22-28)31(27-19-11-5-12-20-27)29(23)25-15-7-3-8-16-25;1-13(15-9-5-3-6-10-15)14(2)16-11-7-4-8-12-16;1-15(2)13-9-5-3-7-11(13)12-8-4-6-10-14(12)15;1-3-2/h3-22H,1-2H3;3-12H,1-2H3;3-10H,1-2H3;3H2,1-2H3. The van der Waals surface area contributed by atoms with Gasteiger partial charge in [-0.3, -0.25) is 0 Å². The van der Waals surface area contributed by atoms with E-state index < -0.39 is 0 Å². The molecule has 0 saturated carbocycles. The smallest absolute Gasteiger partial charge is 0.0158 e. The van der Waals surface area contributed by atoms with Gasteiger partial charge in [-0.1, -0.05) is 265 Å². The Morgan fingerprint density at radius 3 is 0.833 bits per heavy atom. The zero-order chi connectivity index (χ0) is 46.5. The molecule has 10 rings (SSSR count). The molecule has 0 spiro atoms. The molecular weight excluding hydrogens is 793 g/mol. The fourth-order valence-corrected chi connectivity index (χ4v) is 9.20. The Hall–Kier alpha value is -7.28. The summed E-state index contributed by atoms with van der Waals surface area (Å²) in [6, 6.07) is 81.8. The van der Waals surface area contributed by atoms with Gasteiger partial charge in [0.15, 0.2) is 0 Å².